The fourth-order valence-corrected chi connectivity index (χ4v) is 1.29. The predicted molar refractivity (Wildman–Crippen MR) is 51.4 cm³/mol. The summed E-state index contributed by atoms with van der Waals surface area (Å²) < 4.78 is 14.4. The highest BCUT2D eigenvalue weighted by molar-refractivity contribution is 5.79. The van der Waals surface area contributed by atoms with E-state index in [1.807, 2.05) is 0 Å². The molecule has 0 saturated heterocycles. The number of fused-ring (bicyclic) bond motifs is 1. The van der Waals surface area contributed by atoms with Crippen molar-refractivity contribution in [1.29, 1.82) is 0 Å². The van der Waals surface area contributed by atoms with Crippen molar-refractivity contribution >= 4 is 16.9 Å². The van der Waals surface area contributed by atoms with Crippen molar-refractivity contribution in [3.8, 4) is 0 Å². The second-order valence-corrected chi connectivity index (χ2v) is 2.97. The lowest BCUT2D eigenvalue weighted by molar-refractivity contribution is 0.636. The van der Waals surface area contributed by atoms with Crippen LogP contribution in [0.3, 0.4) is 0 Å². The normalized spacial score (nSPS) is 10.7. The Balaban J connectivity index is 3.07. The van der Waals surface area contributed by atoms with Gasteiger partial charge in [-0.15, -0.1) is 0 Å². The molecule has 0 aliphatic carbocycles. The number of nitrogen functional groups attached to an aromatic ring is 1. The molecule has 2 N–H and O–H groups in total. The SMILES string of the molecule is Cn1c(N)nc2cccc(F)c2c1=O. The molecule has 1 heterocycles. The van der Waals surface area contributed by atoms with Gasteiger partial charge in [0.25, 0.3) is 5.56 Å². The van der Waals surface area contributed by atoms with E-state index in [2.05, 4.69) is 4.98 Å². The van der Waals surface area contributed by atoms with Crippen molar-refractivity contribution in [2.75, 3.05) is 5.73 Å². The molecular weight excluding hydrogens is 185 g/mol. The average molecular weight is 193 g/mol. The molecule has 1 aromatic carbocycles. The van der Waals surface area contributed by atoms with E-state index in [-0.39, 0.29) is 16.9 Å². The summed E-state index contributed by atoms with van der Waals surface area (Å²) in [4.78, 5) is 15.5. The fourth-order valence-electron chi connectivity index (χ4n) is 1.29. The van der Waals surface area contributed by atoms with Gasteiger partial charge in [0.1, 0.15) is 11.2 Å². The molecule has 2 aromatic rings. The highest BCUT2D eigenvalue weighted by Gasteiger charge is 2.09. The second-order valence-electron chi connectivity index (χ2n) is 2.97. The van der Waals surface area contributed by atoms with Gasteiger partial charge in [-0.3, -0.25) is 9.36 Å². The van der Waals surface area contributed by atoms with Crippen LogP contribution in [0, 0.1) is 5.82 Å². The van der Waals surface area contributed by atoms with E-state index < -0.39 is 11.4 Å². The van der Waals surface area contributed by atoms with E-state index in [1.54, 1.807) is 6.07 Å². The first kappa shape index (κ1) is 8.68. The molecule has 0 atom stereocenters. The quantitative estimate of drug-likeness (QED) is 0.668. The Morgan fingerprint density at radius 3 is 2.93 bits per heavy atom. The lowest BCUT2D eigenvalue weighted by Crippen LogP contribution is -2.22. The Morgan fingerprint density at radius 1 is 1.50 bits per heavy atom. The first-order valence-corrected chi connectivity index (χ1v) is 4.02. The van der Waals surface area contributed by atoms with Gasteiger partial charge in [0.15, 0.2) is 0 Å². The molecule has 14 heavy (non-hydrogen) atoms. The summed E-state index contributed by atoms with van der Waals surface area (Å²) >= 11 is 0. The molecule has 72 valence electrons. The largest absolute Gasteiger partial charge is 0.369 e. The maximum Gasteiger partial charge on any atom is 0.265 e. The molecule has 2 rings (SSSR count). The van der Waals surface area contributed by atoms with Crippen LogP contribution in [0.2, 0.25) is 0 Å². The molecule has 0 fully saturated rings. The van der Waals surface area contributed by atoms with Crippen molar-refractivity contribution in [2.24, 2.45) is 7.05 Å². The van der Waals surface area contributed by atoms with Crippen LogP contribution in [0.4, 0.5) is 10.3 Å². The smallest absolute Gasteiger partial charge is 0.265 e. The molecule has 0 aliphatic rings. The van der Waals surface area contributed by atoms with Crippen molar-refractivity contribution < 1.29 is 4.39 Å². The van der Waals surface area contributed by atoms with Gasteiger partial charge in [0.05, 0.1) is 5.52 Å². The molecule has 0 aliphatic heterocycles. The van der Waals surface area contributed by atoms with Gasteiger partial charge in [-0.1, -0.05) is 6.07 Å². The molecular formula is C9H8FN3O. The first-order valence-electron chi connectivity index (χ1n) is 4.02. The van der Waals surface area contributed by atoms with Crippen molar-refractivity contribution in [2.45, 2.75) is 0 Å². The van der Waals surface area contributed by atoms with Crippen LogP contribution in [0.25, 0.3) is 10.9 Å². The minimum atomic E-state index is -0.574. The number of hydrogen-bond acceptors (Lipinski definition) is 3. The Hall–Kier alpha value is -1.91. The Morgan fingerprint density at radius 2 is 2.21 bits per heavy atom. The Labute approximate surface area is 78.8 Å². The van der Waals surface area contributed by atoms with Crippen molar-refractivity contribution in [3.05, 3.63) is 34.4 Å². The molecule has 0 radical (unpaired) electrons. The lowest BCUT2D eigenvalue weighted by Gasteiger charge is -2.04. The zero-order valence-electron chi connectivity index (χ0n) is 7.49. The van der Waals surface area contributed by atoms with Crippen LogP contribution in [0.15, 0.2) is 23.0 Å². The summed E-state index contributed by atoms with van der Waals surface area (Å²) in [5.74, 6) is -0.497. The number of rotatable bonds is 0. The van der Waals surface area contributed by atoms with E-state index in [1.165, 1.54) is 19.2 Å². The van der Waals surface area contributed by atoms with Crippen LogP contribution in [-0.2, 0) is 7.05 Å². The fraction of sp³-hybridized carbons (Fsp3) is 0.111. The molecule has 0 unspecified atom stereocenters. The number of anilines is 1. The minimum absolute atomic E-state index is 0.0239. The summed E-state index contributed by atoms with van der Waals surface area (Å²) in [5, 5.41) is -0.0239. The highest BCUT2D eigenvalue weighted by atomic mass is 19.1. The highest BCUT2D eigenvalue weighted by Crippen LogP contribution is 2.12. The van der Waals surface area contributed by atoms with Crippen LogP contribution >= 0.6 is 0 Å². The number of benzene rings is 1. The van der Waals surface area contributed by atoms with Gasteiger partial charge < -0.3 is 5.73 Å². The maximum absolute atomic E-state index is 13.3. The molecule has 0 spiro atoms. The molecule has 5 heteroatoms. The monoisotopic (exact) mass is 193 g/mol. The molecule has 0 bridgehead atoms. The third-order valence-electron chi connectivity index (χ3n) is 2.09. The van der Waals surface area contributed by atoms with Crippen molar-refractivity contribution in [3.63, 3.8) is 0 Å². The number of hydrogen-bond donors (Lipinski definition) is 1. The van der Waals surface area contributed by atoms with Crippen LogP contribution in [-0.4, -0.2) is 9.55 Å². The van der Waals surface area contributed by atoms with E-state index in [9.17, 15) is 9.18 Å². The Bertz CT molecular complexity index is 562. The third-order valence-corrected chi connectivity index (χ3v) is 2.09. The third kappa shape index (κ3) is 1.06. The molecule has 1 aromatic heterocycles. The molecule has 4 nitrogen and oxygen atoms in total. The predicted octanol–water partition coefficient (Wildman–Crippen LogP) is 0.655. The second kappa shape index (κ2) is 2.80. The van der Waals surface area contributed by atoms with Gasteiger partial charge in [-0.05, 0) is 12.1 Å². The zero-order valence-corrected chi connectivity index (χ0v) is 7.49. The van der Waals surface area contributed by atoms with Crippen LogP contribution < -0.4 is 11.3 Å². The van der Waals surface area contributed by atoms with E-state index in [4.69, 9.17) is 5.73 Å². The van der Waals surface area contributed by atoms with Gasteiger partial charge >= 0.3 is 0 Å². The van der Waals surface area contributed by atoms with E-state index >= 15 is 0 Å². The summed E-state index contributed by atoms with van der Waals surface area (Å²) in [6.07, 6.45) is 0. The molecule has 0 saturated carbocycles. The van der Waals surface area contributed by atoms with Gasteiger partial charge in [-0.25, -0.2) is 9.37 Å². The molecule has 0 amide bonds. The van der Waals surface area contributed by atoms with E-state index in [0.717, 1.165) is 4.57 Å². The number of aromatic nitrogens is 2. The number of halogens is 1. The summed E-state index contributed by atoms with van der Waals surface area (Å²) in [7, 11) is 1.45. The topological polar surface area (TPSA) is 60.9 Å². The maximum atomic E-state index is 13.3. The van der Waals surface area contributed by atoms with Gasteiger partial charge in [0, 0.05) is 7.05 Å². The first-order chi connectivity index (χ1) is 6.61. The van der Waals surface area contributed by atoms with Crippen LogP contribution in [0.1, 0.15) is 0 Å². The Kier molecular flexibility index (Phi) is 1.73. The van der Waals surface area contributed by atoms with Crippen LogP contribution in [0.5, 0.6) is 0 Å². The van der Waals surface area contributed by atoms with E-state index in [0.29, 0.717) is 0 Å². The average Bonchev–Trinajstić information content (AvgIpc) is 2.14. The standard InChI is InChI=1S/C9H8FN3O/c1-13-8(14)7-5(10)3-2-4-6(7)12-9(13)11/h2-4H,1H3,(H2,11,12). The minimum Gasteiger partial charge on any atom is -0.369 e. The summed E-state index contributed by atoms with van der Waals surface area (Å²) in [5.41, 5.74) is 5.28. The van der Waals surface area contributed by atoms with Crippen molar-refractivity contribution in [1.82, 2.24) is 9.55 Å². The summed E-state index contributed by atoms with van der Waals surface area (Å²) in [6, 6.07) is 4.27. The number of nitrogens with zero attached hydrogens (tertiary/aromatic N) is 2. The summed E-state index contributed by atoms with van der Waals surface area (Å²) in [6.45, 7) is 0. The zero-order chi connectivity index (χ0) is 10.3. The van der Waals surface area contributed by atoms with Gasteiger partial charge in [-0.2, -0.15) is 0 Å². The van der Waals surface area contributed by atoms with Gasteiger partial charge in [0.2, 0.25) is 5.95 Å². The number of nitrogens with two attached hydrogens (primary N) is 1. The lowest BCUT2D eigenvalue weighted by atomic mass is 10.2.